The van der Waals surface area contributed by atoms with Gasteiger partial charge in [-0.1, -0.05) is 24.8 Å². The highest BCUT2D eigenvalue weighted by atomic mass is 16.5. The van der Waals surface area contributed by atoms with Crippen molar-refractivity contribution in [2.24, 2.45) is 0 Å². The molecule has 1 saturated heterocycles. The lowest BCUT2D eigenvalue weighted by molar-refractivity contribution is 0.204. The molecule has 0 aliphatic carbocycles. The molecule has 4 N–H and O–H groups in total. The minimum atomic E-state index is -0.301. The van der Waals surface area contributed by atoms with Crippen LogP contribution in [0, 0.1) is 0 Å². The van der Waals surface area contributed by atoms with Crippen molar-refractivity contribution in [3.8, 4) is 5.75 Å². The molecule has 7 heteroatoms. The highest BCUT2D eigenvalue weighted by Crippen LogP contribution is 2.36. The first-order chi connectivity index (χ1) is 15.8. The van der Waals surface area contributed by atoms with E-state index >= 15 is 0 Å². The normalized spacial score (nSPS) is 18.8. The van der Waals surface area contributed by atoms with Gasteiger partial charge in [0.1, 0.15) is 11.5 Å². The van der Waals surface area contributed by atoms with Crippen LogP contribution < -0.4 is 21.1 Å². The smallest absolute Gasteiger partial charge is 0.325 e. The molecule has 2 aromatic rings. The number of allylic oxidation sites excluding steroid dienone is 2. The van der Waals surface area contributed by atoms with Gasteiger partial charge in [0.2, 0.25) is 0 Å². The van der Waals surface area contributed by atoms with Gasteiger partial charge in [-0.2, -0.15) is 0 Å². The van der Waals surface area contributed by atoms with Crippen LogP contribution >= 0.6 is 0 Å². The molecule has 0 spiro atoms. The second-order valence-electron chi connectivity index (χ2n) is 7.93. The van der Waals surface area contributed by atoms with Gasteiger partial charge in [-0.15, -0.1) is 0 Å². The SMILES string of the molecule is C=C(/C=C\C(=C/C)OC)[C@H]1[C@@H](C)N(Cc2ccc(OC)cc2)C(=O)N1c1ccc(N)c(N)c1. The van der Waals surface area contributed by atoms with Gasteiger partial charge in [0.25, 0.3) is 0 Å². The molecule has 2 aromatic carbocycles. The van der Waals surface area contributed by atoms with Gasteiger partial charge in [0.15, 0.2) is 0 Å². The van der Waals surface area contributed by atoms with Crippen molar-refractivity contribution >= 4 is 23.1 Å². The Morgan fingerprint density at radius 3 is 2.36 bits per heavy atom. The monoisotopic (exact) mass is 448 g/mol. The molecule has 2 atom stereocenters. The fourth-order valence-electron chi connectivity index (χ4n) is 3.99. The summed E-state index contributed by atoms with van der Waals surface area (Å²) in [5.41, 5.74) is 15.3. The molecule has 1 fully saturated rings. The van der Waals surface area contributed by atoms with Crippen molar-refractivity contribution in [1.29, 1.82) is 0 Å². The Bertz CT molecular complexity index is 1080. The number of amides is 2. The molecule has 7 nitrogen and oxygen atoms in total. The predicted molar refractivity (Wildman–Crippen MR) is 134 cm³/mol. The first kappa shape index (κ1) is 23.8. The van der Waals surface area contributed by atoms with E-state index in [1.165, 1.54) is 0 Å². The molecule has 1 heterocycles. The maximum Gasteiger partial charge on any atom is 0.325 e. The van der Waals surface area contributed by atoms with E-state index in [1.54, 1.807) is 31.3 Å². The van der Waals surface area contributed by atoms with Gasteiger partial charge in [-0.25, -0.2) is 4.79 Å². The van der Waals surface area contributed by atoms with Gasteiger partial charge in [-0.3, -0.25) is 4.90 Å². The number of nitrogen functional groups attached to an aromatic ring is 2. The number of benzene rings is 2. The third-order valence-corrected chi connectivity index (χ3v) is 5.90. The van der Waals surface area contributed by atoms with Crippen LogP contribution in [0.1, 0.15) is 19.4 Å². The van der Waals surface area contributed by atoms with Crippen LogP contribution in [-0.2, 0) is 11.3 Å². The van der Waals surface area contributed by atoms with Crippen LogP contribution in [-0.4, -0.2) is 37.2 Å². The lowest BCUT2D eigenvalue weighted by Crippen LogP contribution is -2.36. The summed E-state index contributed by atoms with van der Waals surface area (Å²) in [6.07, 6.45) is 5.60. The zero-order chi connectivity index (χ0) is 24.1. The van der Waals surface area contributed by atoms with E-state index in [9.17, 15) is 4.79 Å². The van der Waals surface area contributed by atoms with Crippen molar-refractivity contribution in [3.05, 3.63) is 84.2 Å². The maximum atomic E-state index is 13.7. The second-order valence-corrected chi connectivity index (χ2v) is 7.93. The molecule has 1 aliphatic rings. The van der Waals surface area contributed by atoms with E-state index in [0.29, 0.717) is 29.4 Å². The maximum absolute atomic E-state index is 13.7. The largest absolute Gasteiger partial charge is 0.497 e. The molecule has 3 rings (SSSR count). The fourth-order valence-corrected chi connectivity index (χ4v) is 3.99. The quantitative estimate of drug-likeness (QED) is 0.346. The van der Waals surface area contributed by atoms with Crippen LogP contribution in [0.2, 0.25) is 0 Å². The van der Waals surface area contributed by atoms with E-state index < -0.39 is 0 Å². The zero-order valence-electron chi connectivity index (χ0n) is 19.6. The molecule has 1 aliphatic heterocycles. The molecule has 0 aromatic heterocycles. The summed E-state index contributed by atoms with van der Waals surface area (Å²) in [7, 11) is 3.24. The summed E-state index contributed by atoms with van der Waals surface area (Å²) in [6.45, 7) is 8.66. The predicted octanol–water partition coefficient (Wildman–Crippen LogP) is 4.72. The summed E-state index contributed by atoms with van der Waals surface area (Å²) in [4.78, 5) is 17.2. The van der Waals surface area contributed by atoms with E-state index in [-0.39, 0.29) is 18.1 Å². The minimum Gasteiger partial charge on any atom is -0.497 e. The fraction of sp³-hybridized carbons (Fsp3) is 0.269. The standard InChI is InChI=1S/C26H32N4O3/c1-6-21(32-4)11-7-17(2)25-18(3)29(16-19-8-12-22(33-5)13-9-19)26(31)30(25)20-10-14-23(27)24(28)15-20/h6-15,18,25H,2,16,27-28H2,1,3-5H3/b11-7-,21-6+/t18-,25+/m1/s1. The Morgan fingerprint density at radius 2 is 1.79 bits per heavy atom. The minimum absolute atomic E-state index is 0.125. The van der Waals surface area contributed by atoms with Crippen molar-refractivity contribution in [2.45, 2.75) is 32.5 Å². The first-order valence-electron chi connectivity index (χ1n) is 10.8. The van der Waals surface area contributed by atoms with Gasteiger partial charge in [0.05, 0.1) is 37.7 Å². The molecule has 33 heavy (non-hydrogen) atoms. The number of methoxy groups -OCH3 is 2. The topological polar surface area (TPSA) is 94.0 Å². The number of hydrogen-bond acceptors (Lipinski definition) is 5. The van der Waals surface area contributed by atoms with Crippen LogP contribution in [0.4, 0.5) is 21.9 Å². The Kier molecular flexibility index (Phi) is 7.33. The summed E-state index contributed by atoms with van der Waals surface area (Å²) < 4.78 is 10.6. The average Bonchev–Trinajstić information content (AvgIpc) is 3.06. The highest BCUT2D eigenvalue weighted by molar-refractivity contribution is 5.97. The first-order valence-corrected chi connectivity index (χ1v) is 10.8. The van der Waals surface area contributed by atoms with Crippen LogP contribution in [0.25, 0.3) is 0 Å². The summed E-state index contributed by atoms with van der Waals surface area (Å²) in [6, 6.07) is 12.4. The van der Waals surface area contributed by atoms with Crippen molar-refractivity contribution in [1.82, 2.24) is 4.90 Å². The third kappa shape index (κ3) is 4.98. The molecule has 0 unspecified atom stereocenters. The van der Waals surface area contributed by atoms with Crippen LogP contribution in [0.15, 0.2) is 78.6 Å². The highest BCUT2D eigenvalue weighted by Gasteiger charge is 2.44. The van der Waals surface area contributed by atoms with Gasteiger partial charge >= 0.3 is 6.03 Å². The van der Waals surface area contributed by atoms with Crippen molar-refractivity contribution in [3.63, 3.8) is 0 Å². The molecule has 0 bridgehead atoms. The number of anilines is 3. The number of nitrogens with zero attached hydrogens (tertiary/aromatic N) is 2. The lowest BCUT2D eigenvalue weighted by atomic mass is 9.99. The number of urea groups is 1. The van der Waals surface area contributed by atoms with E-state index in [4.69, 9.17) is 20.9 Å². The summed E-state index contributed by atoms with van der Waals surface area (Å²) >= 11 is 0. The molecular formula is C26H32N4O3. The van der Waals surface area contributed by atoms with E-state index in [1.807, 2.05) is 67.3 Å². The molecule has 0 radical (unpaired) electrons. The number of nitrogens with two attached hydrogens (primary N) is 2. The Balaban J connectivity index is 1.97. The molecule has 2 amide bonds. The summed E-state index contributed by atoms with van der Waals surface area (Å²) in [5.74, 6) is 1.49. The van der Waals surface area contributed by atoms with Crippen LogP contribution in [0.3, 0.4) is 0 Å². The van der Waals surface area contributed by atoms with Gasteiger partial charge in [0, 0.05) is 12.2 Å². The number of ether oxygens (including phenoxy) is 2. The Morgan fingerprint density at radius 1 is 1.09 bits per heavy atom. The molecular weight excluding hydrogens is 416 g/mol. The van der Waals surface area contributed by atoms with Crippen LogP contribution in [0.5, 0.6) is 5.75 Å². The number of carbonyl (C=O) groups is 1. The second kappa shape index (κ2) is 10.2. The van der Waals surface area contributed by atoms with E-state index in [2.05, 4.69) is 6.58 Å². The number of rotatable bonds is 8. The summed E-state index contributed by atoms with van der Waals surface area (Å²) in [5, 5.41) is 0. The van der Waals surface area contributed by atoms with Gasteiger partial charge < -0.3 is 25.8 Å². The van der Waals surface area contributed by atoms with Crippen molar-refractivity contribution in [2.75, 3.05) is 30.6 Å². The lowest BCUT2D eigenvalue weighted by Gasteiger charge is -2.26. The zero-order valence-corrected chi connectivity index (χ0v) is 19.6. The average molecular weight is 449 g/mol. The van der Waals surface area contributed by atoms with E-state index in [0.717, 1.165) is 16.9 Å². The number of carbonyl (C=O) groups excluding carboxylic acids is 1. The Labute approximate surface area is 195 Å². The Hall–Kier alpha value is -3.87. The van der Waals surface area contributed by atoms with Crippen molar-refractivity contribution < 1.29 is 14.3 Å². The molecule has 174 valence electrons. The van der Waals surface area contributed by atoms with Gasteiger partial charge in [-0.05, 0) is 67.5 Å². The molecule has 0 saturated carbocycles. The third-order valence-electron chi connectivity index (χ3n) is 5.90. The number of hydrogen-bond donors (Lipinski definition) is 2.